The van der Waals surface area contributed by atoms with E-state index in [4.69, 9.17) is 0 Å². The third-order valence-corrected chi connectivity index (χ3v) is 5.83. The third-order valence-electron chi connectivity index (χ3n) is 4.15. The molecule has 0 amide bonds. The van der Waals surface area contributed by atoms with Crippen LogP contribution in [0.4, 0.5) is 0 Å². The van der Waals surface area contributed by atoms with E-state index in [9.17, 15) is 8.42 Å². The van der Waals surface area contributed by atoms with Crippen LogP contribution in [0, 0.1) is 0 Å². The zero-order chi connectivity index (χ0) is 15.2. The smallest absolute Gasteiger partial charge is 0.268 e. The summed E-state index contributed by atoms with van der Waals surface area (Å²) in [7, 11) is -3.57. The lowest BCUT2D eigenvalue weighted by atomic mass is 10.1. The highest BCUT2D eigenvalue weighted by atomic mass is 35.5. The van der Waals surface area contributed by atoms with Crippen LogP contribution in [0.15, 0.2) is 59.6 Å². The lowest BCUT2D eigenvalue weighted by Gasteiger charge is -2.08. The fraction of sp³-hybridized carbons (Fsp3) is 0.176. The van der Waals surface area contributed by atoms with E-state index < -0.39 is 10.0 Å². The van der Waals surface area contributed by atoms with Crippen molar-refractivity contribution in [3.05, 3.63) is 65.9 Å². The van der Waals surface area contributed by atoms with Crippen molar-refractivity contribution in [1.29, 1.82) is 0 Å². The number of halogens is 1. The Bertz CT molecular complexity index is 949. The first-order chi connectivity index (χ1) is 10.7. The normalized spacial score (nSPS) is 14.3. The van der Waals surface area contributed by atoms with E-state index in [1.54, 1.807) is 30.5 Å². The molecule has 0 atom stereocenters. The number of hydrogen-bond acceptors (Lipinski definition) is 3. The lowest BCUT2D eigenvalue weighted by molar-refractivity contribution is 0.588. The van der Waals surface area contributed by atoms with Gasteiger partial charge < -0.3 is 5.32 Å². The molecule has 0 aliphatic carbocycles. The van der Waals surface area contributed by atoms with Crippen molar-refractivity contribution in [3.8, 4) is 0 Å². The molecule has 1 N–H and O–H groups in total. The van der Waals surface area contributed by atoms with Crippen molar-refractivity contribution >= 4 is 33.3 Å². The Morgan fingerprint density at radius 2 is 1.74 bits per heavy atom. The third kappa shape index (κ3) is 2.55. The molecule has 4 nitrogen and oxygen atoms in total. The highest BCUT2D eigenvalue weighted by Crippen LogP contribution is 2.30. The molecule has 0 fully saturated rings. The summed E-state index contributed by atoms with van der Waals surface area (Å²) in [6.07, 6.45) is 2.68. The molecule has 4 rings (SSSR count). The summed E-state index contributed by atoms with van der Waals surface area (Å²) in [6, 6.07) is 14.5. The molecule has 0 unspecified atom stereocenters. The minimum atomic E-state index is -3.57. The number of rotatable bonds is 2. The number of aromatic nitrogens is 1. The van der Waals surface area contributed by atoms with Gasteiger partial charge in [0.25, 0.3) is 10.0 Å². The molecule has 0 radical (unpaired) electrons. The van der Waals surface area contributed by atoms with Gasteiger partial charge in [-0.05, 0) is 42.3 Å². The van der Waals surface area contributed by atoms with Crippen LogP contribution in [-0.2, 0) is 23.0 Å². The van der Waals surface area contributed by atoms with Crippen molar-refractivity contribution in [1.82, 2.24) is 9.29 Å². The van der Waals surface area contributed by atoms with Crippen LogP contribution < -0.4 is 5.32 Å². The molecule has 3 aromatic rings. The summed E-state index contributed by atoms with van der Waals surface area (Å²) >= 11 is 0. The number of nitrogens with one attached hydrogen (secondary N) is 1. The maximum absolute atomic E-state index is 12.9. The lowest BCUT2D eigenvalue weighted by Crippen LogP contribution is -2.15. The van der Waals surface area contributed by atoms with Gasteiger partial charge in [-0.15, -0.1) is 12.4 Å². The predicted molar refractivity (Wildman–Crippen MR) is 93.6 cm³/mol. The van der Waals surface area contributed by atoms with E-state index in [0.717, 1.165) is 29.4 Å². The zero-order valence-electron chi connectivity index (χ0n) is 12.4. The highest BCUT2D eigenvalue weighted by Gasteiger charge is 2.23. The molecule has 0 saturated carbocycles. The number of nitrogens with zero attached hydrogens (tertiary/aromatic N) is 1. The summed E-state index contributed by atoms with van der Waals surface area (Å²) in [6.45, 7) is 1.62. The van der Waals surface area contributed by atoms with Crippen molar-refractivity contribution in [2.75, 3.05) is 6.54 Å². The predicted octanol–water partition coefficient (Wildman–Crippen LogP) is 2.95. The molecule has 1 aliphatic heterocycles. The van der Waals surface area contributed by atoms with Gasteiger partial charge in [0, 0.05) is 18.1 Å². The number of benzene rings is 2. The monoisotopic (exact) mass is 348 g/mol. The minimum Gasteiger partial charge on any atom is -0.312 e. The van der Waals surface area contributed by atoms with E-state index >= 15 is 0 Å². The molecule has 0 spiro atoms. The van der Waals surface area contributed by atoms with Crippen LogP contribution >= 0.6 is 12.4 Å². The summed E-state index contributed by atoms with van der Waals surface area (Å²) in [5.41, 5.74) is 3.02. The van der Waals surface area contributed by atoms with Gasteiger partial charge in [-0.1, -0.05) is 30.3 Å². The first kappa shape index (κ1) is 16.1. The summed E-state index contributed by atoms with van der Waals surface area (Å²) in [5.74, 6) is 0. The van der Waals surface area contributed by atoms with Crippen molar-refractivity contribution in [3.63, 3.8) is 0 Å². The van der Waals surface area contributed by atoms with Gasteiger partial charge >= 0.3 is 0 Å². The molecule has 2 aromatic carbocycles. The van der Waals surface area contributed by atoms with Gasteiger partial charge in [-0.25, -0.2) is 12.4 Å². The van der Waals surface area contributed by atoms with Gasteiger partial charge in [0.2, 0.25) is 0 Å². The SMILES string of the molecule is Cl.O=S(=O)(c1ccccc1)n1cc2c3c(cccc31)CCNC2. The molecule has 1 aromatic heterocycles. The van der Waals surface area contributed by atoms with E-state index in [0.29, 0.717) is 11.4 Å². The molecule has 6 heteroatoms. The van der Waals surface area contributed by atoms with E-state index in [2.05, 4.69) is 11.4 Å². The average Bonchev–Trinajstić information content (AvgIpc) is 2.80. The quantitative estimate of drug-likeness (QED) is 0.774. The Morgan fingerprint density at radius 3 is 2.52 bits per heavy atom. The Kier molecular flexibility index (Phi) is 4.19. The van der Waals surface area contributed by atoms with Crippen LogP contribution in [-0.4, -0.2) is 18.9 Å². The second-order valence-electron chi connectivity index (χ2n) is 5.51. The summed E-state index contributed by atoms with van der Waals surface area (Å²) in [5, 5.41) is 4.43. The van der Waals surface area contributed by atoms with Crippen LogP contribution in [0.25, 0.3) is 10.9 Å². The van der Waals surface area contributed by atoms with E-state index in [1.807, 2.05) is 18.2 Å². The topological polar surface area (TPSA) is 51.1 Å². The Labute approximate surface area is 141 Å². The molecule has 1 aliphatic rings. The van der Waals surface area contributed by atoms with Gasteiger partial charge in [0.1, 0.15) is 0 Å². The fourth-order valence-corrected chi connectivity index (χ4v) is 4.52. The molecular weight excluding hydrogens is 332 g/mol. The first-order valence-corrected chi connectivity index (χ1v) is 8.75. The summed E-state index contributed by atoms with van der Waals surface area (Å²) in [4.78, 5) is 0.314. The average molecular weight is 349 g/mol. The van der Waals surface area contributed by atoms with Gasteiger partial charge in [-0.2, -0.15) is 0 Å². The van der Waals surface area contributed by atoms with Crippen LogP contribution in [0.2, 0.25) is 0 Å². The standard InChI is InChI=1S/C17H16N2O2S.ClH/c20-22(21,15-6-2-1-3-7-15)19-12-14-11-18-10-9-13-5-4-8-16(19)17(13)14;/h1-8,12,18H,9-11H2;1H. The van der Waals surface area contributed by atoms with Crippen molar-refractivity contribution < 1.29 is 8.42 Å². The van der Waals surface area contributed by atoms with Crippen LogP contribution in [0.3, 0.4) is 0 Å². The Balaban J connectivity index is 0.00000156. The fourth-order valence-electron chi connectivity index (χ4n) is 3.11. The maximum atomic E-state index is 12.9. The molecule has 120 valence electrons. The number of hydrogen-bond donors (Lipinski definition) is 1. The molecule has 0 bridgehead atoms. The molecule has 2 heterocycles. The van der Waals surface area contributed by atoms with Crippen LogP contribution in [0.5, 0.6) is 0 Å². The first-order valence-electron chi connectivity index (χ1n) is 7.31. The molecule has 23 heavy (non-hydrogen) atoms. The van der Waals surface area contributed by atoms with E-state index in [1.165, 1.54) is 9.54 Å². The van der Waals surface area contributed by atoms with Gasteiger partial charge in [0.15, 0.2) is 0 Å². The van der Waals surface area contributed by atoms with Crippen molar-refractivity contribution in [2.24, 2.45) is 0 Å². The molecular formula is C17H17ClN2O2S. The molecule has 0 saturated heterocycles. The Hall–Kier alpha value is -1.82. The largest absolute Gasteiger partial charge is 0.312 e. The maximum Gasteiger partial charge on any atom is 0.268 e. The van der Waals surface area contributed by atoms with Crippen LogP contribution in [0.1, 0.15) is 11.1 Å². The Morgan fingerprint density at radius 1 is 0.957 bits per heavy atom. The highest BCUT2D eigenvalue weighted by molar-refractivity contribution is 7.90. The zero-order valence-corrected chi connectivity index (χ0v) is 14.0. The van der Waals surface area contributed by atoms with Gasteiger partial charge in [-0.3, -0.25) is 0 Å². The summed E-state index contributed by atoms with van der Waals surface area (Å²) < 4.78 is 27.3. The van der Waals surface area contributed by atoms with E-state index in [-0.39, 0.29) is 12.4 Å². The minimum absolute atomic E-state index is 0. The van der Waals surface area contributed by atoms with Gasteiger partial charge in [0.05, 0.1) is 10.4 Å². The second kappa shape index (κ2) is 6.00. The van der Waals surface area contributed by atoms with Crippen molar-refractivity contribution in [2.45, 2.75) is 17.9 Å². The second-order valence-corrected chi connectivity index (χ2v) is 7.32.